The van der Waals surface area contributed by atoms with Crippen molar-refractivity contribution in [2.45, 2.75) is 19.6 Å². The third kappa shape index (κ3) is 4.66. The van der Waals surface area contributed by atoms with Crippen LogP contribution in [0.2, 0.25) is 0 Å². The predicted molar refractivity (Wildman–Crippen MR) is 96.2 cm³/mol. The van der Waals surface area contributed by atoms with E-state index in [2.05, 4.69) is 23.2 Å². The lowest BCUT2D eigenvalue weighted by atomic mass is 10.1. The number of nitriles is 1. The van der Waals surface area contributed by atoms with Crippen molar-refractivity contribution in [3.63, 3.8) is 0 Å². The lowest BCUT2D eigenvalue weighted by Crippen LogP contribution is -2.40. The first kappa shape index (κ1) is 17.2. The quantitative estimate of drug-likeness (QED) is 0.933. The Morgan fingerprint density at radius 1 is 1.32 bits per heavy atom. The number of carbonyl (C=O) groups excluding carboxylic acids is 1. The monoisotopic (exact) mass is 335 g/mol. The molecule has 1 aliphatic rings. The van der Waals surface area contributed by atoms with Gasteiger partial charge >= 0.3 is 0 Å². The summed E-state index contributed by atoms with van der Waals surface area (Å²) in [4.78, 5) is 14.7. The van der Waals surface area contributed by atoms with Gasteiger partial charge in [-0.25, -0.2) is 0 Å². The number of carbonyl (C=O) groups is 1. The van der Waals surface area contributed by atoms with Crippen molar-refractivity contribution in [3.8, 4) is 6.07 Å². The molecule has 1 heterocycles. The van der Waals surface area contributed by atoms with Crippen molar-refractivity contribution < 1.29 is 9.53 Å². The SMILES string of the molecule is CC1CN(Cc2ccc(C(=O)Nc3cccc(C#N)c3)cc2)CCO1. The molecule has 0 bridgehead atoms. The molecule has 1 amide bonds. The Hall–Kier alpha value is -2.68. The summed E-state index contributed by atoms with van der Waals surface area (Å²) in [6, 6.07) is 16.6. The summed E-state index contributed by atoms with van der Waals surface area (Å²) in [6.07, 6.45) is 0.267. The highest BCUT2D eigenvalue weighted by molar-refractivity contribution is 6.04. The summed E-state index contributed by atoms with van der Waals surface area (Å²) < 4.78 is 5.55. The smallest absolute Gasteiger partial charge is 0.255 e. The van der Waals surface area contributed by atoms with Crippen LogP contribution in [0.3, 0.4) is 0 Å². The van der Waals surface area contributed by atoms with Gasteiger partial charge in [-0.05, 0) is 42.8 Å². The largest absolute Gasteiger partial charge is 0.376 e. The third-order valence-corrected chi connectivity index (χ3v) is 4.20. The molecule has 1 atom stereocenters. The third-order valence-electron chi connectivity index (χ3n) is 4.20. The Labute approximate surface area is 147 Å². The lowest BCUT2D eigenvalue weighted by Gasteiger charge is -2.31. The summed E-state index contributed by atoms with van der Waals surface area (Å²) in [5.74, 6) is -0.179. The average molecular weight is 335 g/mol. The number of rotatable bonds is 4. The number of morpholine rings is 1. The first-order valence-corrected chi connectivity index (χ1v) is 8.38. The normalized spacial score (nSPS) is 17.7. The number of hydrogen-bond donors (Lipinski definition) is 1. The molecule has 128 valence electrons. The van der Waals surface area contributed by atoms with Gasteiger partial charge in [0, 0.05) is 30.9 Å². The Bertz CT molecular complexity index is 780. The van der Waals surface area contributed by atoms with E-state index in [0.29, 0.717) is 16.8 Å². The summed E-state index contributed by atoms with van der Waals surface area (Å²) in [5, 5.41) is 11.7. The highest BCUT2D eigenvalue weighted by Crippen LogP contribution is 2.14. The van der Waals surface area contributed by atoms with Gasteiger partial charge in [0.25, 0.3) is 5.91 Å². The minimum absolute atomic E-state index is 0.179. The number of hydrogen-bond acceptors (Lipinski definition) is 4. The molecule has 1 N–H and O–H groups in total. The van der Waals surface area contributed by atoms with E-state index in [-0.39, 0.29) is 12.0 Å². The fourth-order valence-electron chi connectivity index (χ4n) is 2.92. The van der Waals surface area contributed by atoms with Crippen LogP contribution in [0.25, 0.3) is 0 Å². The number of ether oxygens (including phenoxy) is 1. The Balaban J connectivity index is 1.61. The van der Waals surface area contributed by atoms with E-state index >= 15 is 0 Å². The summed E-state index contributed by atoms with van der Waals surface area (Å²) >= 11 is 0. The molecule has 5 heteroatoms. The van der Waals surface area contributed by atoms with Crippen LogP contribution >= 0.6 is 0 Å². The molecule has 0 aromatic heterocycles. The van der Waals surface area contributed by atoms with Crippen LogP contribution < -0.4 is 5.32 Å². The van der Waals surface area contributed by atoms with Crippen LogP contribution in [0.15, 0.2) is 48.5 Å². The zero-order valence-corrected chi connectivity index (χ0v) is 14.2. The van der Waals surface area contributed by atoms with Gasteiger partial charge < -0.3 is 10.1 Å². The minimum atomic E-state index is -0.179. The predicted octanol–water partition coefficient (Wildman–Crippen LogP) is 3.03. The molecule has 2 aromatic carbocycles. The Kier molecular flexibility index (Phi) is 5.44. The zero-order valence-electron chi connectivity index (χ0n) is 14.2. The standard InChI is InChI=1S/C20H21N3O2/c1-15-13-23(9-10-25-15)14-16-5-7-18(8-6-16)20(24)22-19-4-2-3-17(11-19)12-21/h2-8,11,15H,9-10,13-14H2,1H3,(H,22,24). The molecule has 25 heavy (non-hydrogen) atoms. The first-order chi connectivity index (χ1) is 12.1. The fourth-order valence-corrected chi connectivity index (χ4v) is 2.92. The summed E-state index contributed by atoms with van der Waals surface area (Å²) in [6.45, 7) is 5.57. The van der Waals surface area contributed by atoms with Crippen molar-refractivity contribution in [2.75, 3.05) is 25.0 Å². The maximum atomic E-state index is 12.3. The van der Waals surface area contributed by atoms with Gasteiger partial charge in [0.05, 0.1) is 24.3 Å². The van der Waals surface area contributed by atoms with Crippen molar-refractivity contribution in [2.24, 2.45) is 0 Å². The molecule has 0 saturated carbocycles. The van der Waals surface area contributed by atoms with E-state index in [0.717, 1.165) is 26.2 Å². The van der Waals surface area contributed by atoms with Crippen molar-refractivity contribution in [1.29, 1.82) is 5.26 Å². The van der Waals surface area contributed by atoms with E-state index in [9.17, 15) is 4.79 Å². The number of amides is 1. The van der Waals surface area contributed by atoms with Gasteiger partial charge in [-0.15, -0.1) is 0 Å². The highest BCUT2D eigenvalue weighted by atomic mass is 16.5. The lowest BCUT2D eigenvalue weighted by molar-refractivity contribution is -0.0212. The molecule has 5 nitrogen and oxygen atoms in total. The average Bonchev–Trinajstić information content (AvgIpc) is 2.62. The molecule has 0 radical (unpaired) electrons. The Morgan fingerprint density at radius 2 is 2.12 bits per heavy atom. The molecule has 3 rings (SSSR count). The number of anilines is 1. The van der Waals surface area contributed by atoms with Gasteiger partial charge in [0.15, 0.2) is 0 Å². The summed E-state index contributed by atoms with van der Waals surface area (Å²) in [7, 11) is 0. The maximum Gasteiger partial charge on any atom is 0.255 e. The van der Waals surface area contributed by atoms with Crippen LogP contribution in [0.5, 0.6) is 0 Å². The second-order valence-electron chi connectivity index (χ2n) is 6.26. The molecule has 2 aromatic rings. The van der Waals surface area contributed by atoms with Crippen molar-refractivity contribution in [3.05, 3.63) is 65.2 Å². The maximum absolute atomic E-state index is 12.3. The molecule has 1 saturated heterocycles. The van der Waals surface area contributed by atoms with Crippen LogP contribution in [0, 0.1) is 11.3 Å². The number of benzene rings is 2. The molecule has 0 aliphatic carbocycles. The second-order valence-corrected chi connectivity index (χ2v) is 6.26. The molecule has 1 fully saturated rings. The van der Waals surface area contributed by atoms with Crippen LogP contribution in [0.1, 0.15) is 28.4 Å². The topological polar surface area (TPSA) is 65.4 Å². The van der Waals surface area contributed by atoms with Crippen LogP contribution in [-0.2, 0) is 11.3 Å². The highest BCUT2D eigenvalue weighted by Gasteiger charge is 2.16. The first-order valence-electron chi connectivity index (χ1n) is 8.38. The van der Waals surface area contributed by atoms with Gasteiger partial charge in [-0.2, -0.15) is 5.26 Å². The molecule has 0 spiro atoms. The van der Waals surface area contributed by atoms with Crippen molar-refractivity contribution >= 4 is 11.6 Å². The summed E-state index contributed by atoms with van der Waals surface area (Å²) in [5.41, 5.74) is 2.92. The Morgan fingerprint density at radius 3 is 2.84 bits per heavy atom. The van der Waals surface area contributed by atoms with E-state index in [4.69, 9.17) is 10.00 Å². The van der Waals surface area contributed by atoms with E-state index in [1.165, 1.54) is 5.56 Å². The van der Waals surface area contributed by atoms with Gasteiger partial charge in [-0.1, -0.05) is 18.2 Å². The van der Waals surface area contributed by atoms with Crippen LogP contribution in [0.4, 0.5) is 5.69 Å². The van der Waals surface area contributed by atoms with Gasteiger partial charge in [-0.3, -0.25) is 9.69 Å². The number of nitrogens with zero attached hydrogens (tertiary/aromatic N) is 2. The van der Waals surface area contributed by atoms with Crippen LogP contribution in [-0.4, -0.2) is 36.6 Å². The second kappa shape index (κ2) is 7.93. The number of nitrogens with one attached hydrogen (secondary N) is 1. The fraction of sp³-hybridized carbons (Fsp3) is 0.300. The molecular weight excluding hydrogens is 314 g/mol. The van der Waals surface area contributed by atoms with E-state index in [1.807, 2.05) is 24.3 Å². The van der Waals surface area contributed by atoms with Gasteiger partial charge in [0.1, 0.15) is 0 Å². The minimum Gasteiger partial charge on any atom is -0.376 e. The van der Waals surface area contributed by atoms with Gasteiger partial charge in [0.2, 0.25) is 0 Å². The molecular formula is C20H21N3O2. The molecule has 1 unspecified atom stereocenters. The van der Waals surface area contributed by atoms with E-state index in [1.54, 1.807) is 24.3 Å². The van der Waals surface area contributed by atoms with Crippen molar-refractivity contribution in [1.82, 2.24) is 4.90 Å². The van der Waals surface area contributed by atoms with E-state index < -0.39 is 0 Å². The zero-order chi connectivity index (χ0) is 17.6. The molecule has 1 aliphatic heterocycles.